The van der Waals surface area contributed by atoms with Gasteiger partial charge >= 0.3 is 0 Å². The van der Waals surface area contributed by atoms with Crippen LogP contribution < -0.4 is 26.9 Å². The third-order valence-corrected chi connectivity index (χ3v) is 8.52. The number of rotatable bonds is 12. The third kappa shape index (κ3) is 11.9. The van der Waals surface area contributed by atoms with Gasteiger partial charge in [0.1, 0.15) is 0 Å². The highest BCUT2D eigenvalue weighted by molar-refractivity contribution is 7.09. The first-order chi connectivity index (χ1) is 23.9. The molecule has 0 aliphatic carbocycles. The normalized spacial score (nSPS) is 10.7. The van der Waals surface area contributed by atoms with Gasteiger partial charge in [0.2, 0.25) is 17.6 Å². The number of hydrazone groups is 1. The maximum atomic E-state index is 12.7. The average molecular weight is 703 g/mol. The SMILES string of the molecule is CCC.CCC(=O)N(Cc1ccsc1)c1cccc(/C(=N/N)NN)c1.CCCCC(=O)N(Cc1cccs1)c1cccc(-c2nn[nH]n2)c1. The van der Waals surface area contributed by atoms with Crippen LogP contribution in [0.5, 0.6) is 0 Å². The molecule has 6 N–H and O–H groups in total. The van der Waals surface area contributed by atoms with E-state index in [4.69, 9.17) is 11.7 Å². The number of tetrazole rings is 1. The van der Waals surface area contributed by atoms with Crippen LogP contribution in [0.1, 0.15) is 75.8 Å². The summed E-state index contributed by atoms with van der Waals surface area (Å²) in [4.78, 5) is 29.7. The lowest BCUT2D eigenvalue weighted by Gasteiger charge is -2.23. The van der Waals surface area contributed by atoms with E-state index in [1.807, 2.05) is 94.7 Å². The smallest absolute Gasteiger partial charge is 0.227 e. The molecule has 0 radical (unpaired) electrons. The van der Waals surface area contributed by atoms with Crippen LogP contribution in [0.4, 0.5) is 11.4 Å². The van der Waals surface area contributed by atoms with Gasteiger partial charge in [-0.3, -0.25) is 9.59 Å². The quantitative estimate of drug-likeness (QED) is 0.0474. The summed E-state index contributed by atoms with van der Waals surface area (Å²) in [6.07, 6.45) is 4.13. The fourth-order valence-corrected chi connectivity index (χ4v) is 5.89. The van der Waals surface area contributed by atoms with Crippen molar-refractivity contribution in [2.24, 2.45) is 16.8 Å². The Morgan fingerprint density at radius 3 is 2.24 bits per heavy atom. The predicted molar refractivity (Wildman–Crippen MR) is 201 cm³/mol. The first-order valence-electron chi connectivity index (χ1n) is 16.2. The van der Waals surface area contributed by atoms with Gasteiger partial charge in [0.25, 0.3) is 0 Å². The second kappa shape index (κ2) is 21.1. The number of hydrogen-bond donors (Lipinski definition) is 4. The number of nitrogens with zero attached hydrogens (tertiary/aromatic N) is 6. The molecule has 260 valence electrons. The summed E-state index contributed by atoms with van der Waals surface area (Å²) in [5.74, 6) is 11.8. The number of amidine groups is 1. The molecule has 2 aromatic carbocycles. The van der Waals surface area contributed by atoms with E-state index < -0.39 is 0 Å². The van der Waals surface area contributed by atoms with E-state index in [0.717, 1.165) is 45.8 Å². The fourth-order valence-electron chi connectivity index (χ4n) is 4.54. The van der Waals surface area contributed by atoms with Crippen LogP contribution in [0, 0.1) is 0 Å². The van der Waals surface area contributed by atoms with Crippen LogP contribution >= 0.6 is 22.7 Å². The van der Waals surface area contributed by atoms with Crippen molar-refractivity contribution in [3.05, 3.63) is 98.9 Å². The number of amides is 2. The zero-order valence-electron chi connectivity index (χ0n) is 28.5. The van der Waals surface area contributed by atoms with E-state index in [9.17, 15) is 9.59 Å². The molecule has 0 saturated carbocycles. The van der Waals surface area contributed by atoms with Crippen molar-refractivity contribution in [3.63, 3.8) is 0 Å². The number of unbranched alkanes of at least 4 members (excludes halogenated alkanes) is 1. The summed E-state index contributed by atoms with van der Waals surface area (Å²) in [6.45, 7) is 9.30. The van der Waals surface area contributed by atoms with Crippen molar-refractivity contribution in [1.82, 2.24) is 26.0 Å². The monoisotopic (exact) mass is 702 g/mol. The Morgan fingerprint density at radius 2 is 1.65 bits per heavy atom. The van der Waals surface area contributed by atoms with E-state index in [2.05, 4.69) is 51.9 Å². The van der Waals surface area contributed by atoms with Crippen LogP contribution in [-0.2, 0) is 22.7 Å². The van der Waals surface area contributed by atoms with Crippen LogP contribution in [-0.4, -0.2) is 38.3 Å². The van der Waals surface area contributed by atoms with Crippen LogP contribution in [0.2, 0.25) is 0 Å². The van der Waals surface area contributed by atoms with Crippen LogP contribution in [0.15, 0.2) is 88.0 Å². The van der Waals surface area contributed by atoms with Gasteiger partial charge in [0.05, 0.1) is 13.1 Å². The fraction of sp³-hybridized carbons (Fsp3) is 0.314. The van der Waals surface area contributed by atoms with Gasteiger partial charge in [-0.25, -0.2) is 5.84 Å². The molecule has 5 aromatic rings. The highest BCUT2D eigenvalue weighted by atomic mass is 32.1. The average Bonchev–Trinajstić information content (AvgIpc) is 3.95. The number of carbonyl (C=O) groups excluding carboxylic acids is 2. The Balaban J connectivity index is 0.000000247. The topological polar surface area (TPSA) is 172 Å². The Kier molecular flexibility index (Phi) is 16.6. The summed E-state index contributed by atoms with van der Waals surface area (Å²) < 4.78 is 0. The van der Waals surface area contributed by atoms with Crippen molar-refractivity contribution in [1.29, 1.82) is 0 Å². The van der Waals surface area contributed by atoms with E-state index in [1.165, 1.54) is 6.42 Å². The predicted octanol–water partition coefficient (Wildman–Crippen LogP) is 6.84. The number of carbonyl (C=O) groups is 2. The highest BCUT2D eigenvalue weighted by Gasteiger charge is 2.18. The number of nitrogens with two attached hydrogens (primary N) is 2. The molecular formula is C35H46N10O2S2. The van der Waals surface area contributed by atoms with Gasteiger partial charge < -0.3 is 21.1 Å². The van der Waals surface area contributed by atoms with Crippen LogP contribution in [0.25, 0.3) is 11.4 Å². The lowest BCUT2D eigenvalue weighted by atomic mass is 10.1. The zero-order chi connectivity index (χ0) is 35.4. The lowest BCUT2D eigenvalue weighted by molar-refractivity contribution is -0.119. The summed E-state index contributed by atoms with van der Waals surface area (Å²) in [5.41, 5.74) is 6.74. The number of anilines is 2. The standard InChI is InChI=1S/C17H19N5OS.C15H19N5OS.C3H8/c1-2-3-9-16(23)22(12-15-8-5-10-24-15)14-7-4-6-13(11-14)17-18-20-21-19-17;1-2-14(21)20(9-11-6-7-22-10-11)13-5-3-4-12(8-13)15(18-16)19-17;1-3-2/h4-8,10-11H,2-3,9,12H2,1H3,(H,18,19,20,21);3-8,10H,2,9,16-17H2,1H3,(H,18,19);3H2,1-2H3. The van der Waals surface area contributed by atoms with Crippen molar-refractivity contribution in [3.8, 4) is 11.4 Å². The molecule has 0 spiro atoms. The number of H-pyrrole nitrogens is 1. The van der Waals surface area contributed by atoms with E-state index in [-0.39, 0.29) is 11.8 Å². The number of thiophene rings is 2. The van der Waals surface area contributed by atoms with Crippen molar-refractivity contribution in [2.45, 2.75) is 72.9 Å². The number of hydrogen-bond acceptors (Lipinski definition) is 10. The summed E-state index contributed by atoms with van der Waals surface area (Å²) in [6, 6.07) is 21.2. The minimum atomic E-state index is 0.0512. The molecule has 3 aromatic heterocycles. The largest absolute Gasteiger partial charge is 0.321 e. The van der Waals surface area contributed by atoms with Crippen molar-refractivity contribution < 1.29 is 9.59 Å². The highest BCUT2D eigenvalue weighted by Crippen LogP contribution is 2.26. The van der Waals surface area contributed by atoms with E-state index in [1.54, 1.807) is 27.6 Å². The molecule has 0 saturated heterocycles. The number of aromatic nitrogens is 4. The molecule has 0 fully saturated rings. The molecule has 2 amide bonds. The number of nitrogens with one attached hydrogen (secondary N) is 2. The van der Waals surface area contributed by atoms with Gasteiger partial charge in [-0.2, -0.15) is 21.7 Å². The van der Waals surface area contributed by atoms with Gasteiger partial charge in [0, 0.05) is 40.2 Å². The van der Waals surface area contributed by atoms with E-state index >= 15 is 0 Å². The van der Waals surface area contributed by atoms with Crippen molar-refractivity contribution in [2.75, 3.05) is 9.80 Å². The van der Waals surface area contributed by atoms with Gasteiger partial charge in [-0.15, -0.1) is 21.5 Å². The zero-order valence-corrected chi connectivity index (χ0v) is 30.1. The molecule has 12 nitrogen and oxygen atoms in total. The first-order valence-corrected chi connectivity index (χ1v) is 18.0. The van der Waals surface area contributed by atoms with Gasteiger partial charge in [-0.05, 0) is 69.7 Å². The van der Waals surface area contributed by atoms with Crippen molar-refractivity contribution >= 4 is 51.7 Å². The van der Waals surface area contributed by atoms with Gasteiger partial charge in [-0.1, -0.05) is 70.9 Å². The lowest BCUT2D eigenvalue weighted by Crippen LogP contribution is -2.33. The molecule has 0 bridgehead atoms. The molecule has 0 atom stereocenters. The molecule has 5 rings (SSSR count). The summed E-state index contributed by atoms with van der Waals surface area (Å²) in [5, 5.41) is 23.7. The molecular weight excluding hydrogens is 657 g/mol. The molecule has 0 aliphatic heterocycles. The Labute approximate surface area is 296 Å². The minimum absolute atomic E-state index is 0.0512. The summed E-state index contributed by atoms with van der Waals surface area (Å²) in [7, 11) is 0. The number of benzene rings is 2. The van der Waals surface area contributed by atoms with Gasteiger partial charge in [0.15, 0.2) is 5.84 Å². The maximum absolute atomic E-state index is 12.7. The molecule has 49 heavy (non-hydrogen) atoms. The second-order valence-corrected chi connectivity index (χ2v) is 12.6. The third-order valence-electron chi connectivity index (χ3n) is 6.92. The molecule has 3 heterocycles. The molecule has 0 unspecified atom stereocenters. The Hall–Kier alpha value is -4.92. The Bertz CT molecular complexity index is 1690. The maximum Gasteiger partial charge on any atom is 0.227 e. The molecule has 0 aliphatic rings. The van der Waals surface area contributed by atoms with E-state index in [0.29, 0.717) is 37.6 Å². The summed E-state index contributed by atoms with van der Waals surface area (Å²) >= 11 is 3.27. The molecule has 14 heteroatoms. The van der Waals surface area contributed by atoms with Crippen LogP contribution in [0.3, 0.4) is 0 Å². The minimum Gasteiger partial charge on any atom is -0.321 e. The number of aromatic amines is 1. The Morgan fingerprint density at radius 1 is 0.918 bits per heavy atom. The second-order valence-electron chi connectivity index (χ2n) is 10.8. The number of hydrazine groups is 1. The first kappa shape index (κ1) is 38.5.